The van der Waals surface area contributed by atoms with Crippen molar-refractivity contribution in [2.24, 2.45) is 0 Å². The van der Waals surface area contributed by atoms with Gasteiger partial charge in [-0.05, 0) is 49.2 Å². The van der Waals surface area contributed by atoms with Crippen LogP contribution in [0.3, 0.4) is 0 Å². The summed E-state index contributed by atoms with van der Waals surface area (Å²) in [5.74, 6) is -0.106. The summed E-state index contributed by atoms with van der Waals surface area (Å²) in [6.45, 7) is 4.40. The summed E-state index contributed by atoms with van der Waals surface area (Å²) in [6.07, 6.45) is 1.41. The van der Waals surface area contributed by atoms with Crippen molar-refractivity contribution < 1.29 is 22.6 Å². The first-order valence-electron chi connectivity index (χ1n) is 10.5. The maximum atomic E-state index is 13.6. The zero-order chi connectivity index (χ0) is 24.5. The highest BCUT2D eigenvalue weighted by molar-refractivity contribution is 8.00. The second-order valence-corrected chi connectivity index (χ2v) is 10.9. The molecule has 1 aliphatic rings. The van der Waals surface area contributed by atoms with Crippen LogP contribution >= 0.6 is 11.8 Å². The molecule has 0 saturated carbocycles. The van der Waals surface area contributed by atoms with Crippen molar-refractivity contribution in [3.63, 3.8) is 0 Å². The van der Waals surface area contributed by atoms with Gasteiger partial charge < -0.3 is 9.32 Å². The first kappa shape index (κ1) is 24.0. The Hall–Kier alpha value is -3.15. The fourth-order valence-electron chi connectivity index (χ4n) is 3.66. The minimum atomic E-state index is -4.05. The fraction of sp³-hybridized carbons (Fsp3) is 0.261. The first-order valence-corrected chi connectivity index (χ1v) is 12.8. The van der Waals surface area contributed by atoms with Crippen LogP contribution in [0, 0.1) is 24.0 Å². The van der Waals surface area contributed by atoms with Gasteiger partial charge in [-0.3, -0.25) is 14.9 Å². The molecule has 3 aromatic rings. The van der Waals surface area contributed by atoms with E-state index in [1.54, 1.807) is 12.1 Å². The molecule has 4 rings (SSSR count). The molecule has 34 heavy (non-hydrogen) atoms. The highest BCUT2D eigenvalue weighted by Crippen LogP contribution is 2.38. The standard InChI is InChI=1S/C23H23N3O6S2/c1-16-5-6-17(2)21(14-16)33-20-8-7-18(26(28)29)15-22(20)34(30,31)25-11-9-24(10-12-25)23(27)19-4-3-13-32-19/h3-8,13-15H,9-12H2,1-2H3. The number of piperazine rings is 1. The summed E-state index contributed by atoms with van der Waals surface area (Å²) in [4.78, 5) is 26.0. The molecule has 0 aliphatic carbocycles. The Kier molecular flexibility index (Phi) is 6.78. The van der Waals surface area contributed by atoms with Crippen molar-refractivity contribution in [1.82, 2.24) is 9.21 Å². The number of nitrogens with zero attached hydrogens (tertiary/aromatic N) is 3. The molecule has 11 heteroatoms. The number of furan rings is 1. The van der Waals surface area contributed by atoms with E-state index in [-0.39, 0.29) is 48.4 Å². The van der Waals surface area contributed by atoms with E-state index in [2.05, 4.69) is 0 Å². The van der Waals surface area contributed by atoms with Gasteiger partial charge in [0.1, 0.15) is 4.90 Å². The number of nitro groups is 1. The summed E-state index contributed by atoms with van der Waals surface area (Å²) in [7, 11) is -4.05. The number of hydrogen-bond acceptors (Lipinski definition) is 7. The molecule has 1 aromatic heterocycles. The van der Waals surface area contributed by atoms with Crippen LogP contribution in [0.1, 0.15) is 21.7 Å². The monoisotopic (exact) mass is 501 g/mol. The van der Waals surface area contributed by atoms with Crippen LogP contribution < -0.4 is 0 Å². The Labute approximate surface area is 201 Å². The van der Waals surface area contributed by atoms with Gasteiger partial charge in [0.25, 0.3) is 11.6 Å². The van der Waals surface area contributed by atoms with Crippen molar-refractivity contribution in [3.8, 4) is 0 Å². The predicted octanol–water partition coefficient (Wildman–Crippen LogP) is 4.10. The van der Waals surface area contributed by atoms with Gasteiger partial charge in [-0.2, -0.15) is 4.31 Å². The Morgan fingerprint density at radius 3 is 2.41 bits per heavy atom. The van der Waals surface area contributed by atoms with Crippen molar-refractivity contribution in [1.29, 1.82) is 0 Å². The molecule has 0 bridgehead atoms. The lowest BCUT2D eigenvalue weighted by Crippen LogP contribution is -2.50. The molecule has 0 atom stereocenters. The zero-order valence-electron chi connectivity index (χ0n) is 18.6. The van der Waals surface area contributed by atoms with E-state index in [1.165, 1.54) is 39.4 Å². The topological polar surface area (TPSA) is 114 Å². The number of non-ortho nitro benzene ring substituents is 1. The normalized spacial score (nSPS) is 14.8. The van der Waals surface area contributed by atoms with Gasteiger partial charge >= 0.3 is 0 Å². The van der Waals surface area contributed by atoms with Gasteiger partial charge in [0.05, 0.1) is 11.2 Å². The van der Waals surface area contributed by atoms with E-state index in [9.17, 15) is 23.3 Å². The number of sulfonamides is 1. The van der Waals surface area contributed by atoms with Gasteiger partial charge in [0, 0.05) is 48.1 Å². The molecule has 178 valence electrons. The van der Waals surface area contributed by atoms with Crippen LogP contribution in [0.4, 0.5) is 5.69 Å². The maximum absolute atomic E-state index is 13.6. The highest BCUT2D eigenvalue weighted by atomic mass is 32.2. The number of hydrogen-bond donors (Lipinski definition) is 0. The summed E-state index contributed by atoms with van der Waals surface area (Å²) < 4.78 is 33.6. The lowest BCUT2D eigenvalue weighted by Gasteiger charge is -2.33. The second kappa shape index (κ2) is 9.61. The SMILES string of the molecule is Cc1ccc(C)c(Sc2ccc([N+](=O)[O-])cc2S(=O)(=O)N2CCN(C(=O)c3ccco3)CC2)c1. The Morgan fingerprint density at radius 1 is 1.03 bits per heavy atom. The average molecular weight is 502 g/mol. The van der Waals surface area contributed by atoms with E-state index in [0.29, 0.717) is 4.90 Å². The molecule has 1 aliphatic heterocycles. The van der Waals surface area contributed by atoms with Gasteiger partial charge in [0.2, 0.25) is 10.0 Å². The molecule has 0 N–H and O–H groups in total. The van der Waals surface area contributed by atoms with Crippen LogP contribution in [0.25, 0.3) is 0 Å². The molecule has 1 amide bonds. The maximum Gasteiger partial charge on any atom is 0.289 e. The molecule has 1 fully saturated rings. The molecular formula is C23H23N3O6S2. The third-order valence-corrected chi connectivity index (χ3v) is 8.88. The van der Waals surface area contributed by atoms with Crippen molar-refractivity contribution >= 4 is 33.4 Å². The van der Waals surface area contributed by atoms with Crippen LogP contribution in [0.15, 0.2) is 73.9 Å². The molecule has 2 aromatic carbocycles. The summed E-state index contributed by atoms with van der Waals surface area (Å²) in [6, 6.07) is 13.0. The van der Waals surface area contributed by atoms with Crippen LogP contribution in [-0.2, 0) is 10.0 Å². The number of nitro benzene ring substituents is 1. The Bertz CT molecular complexity index is 1330. The molecule has 2 heterocycles. The summed E-state index contributed by atoms with van der Waals surface area (Å²) in [5.41, 5.74) is 1.70. The van der Waals surface area contributed by atoms with Crippen LogP contribution in [0.2, 0.25) is 0 Å². The van der Waals surface area contributed by atoms with Gasteiger partial charge in [-0.25, -0.2) is 8.42 Å². The van der Waals surface area contributed by atoms with E-state index < -0.39 is 14.9 Å². The third-order valence-electron chi connectivity index (χ3n) is 5.58. The van der Waals surface area contributed by atoms with E-state index in [4.69, 9.17) is 4.42 Å². The zero-order valence-corrected chi connectivity index (χ0v) is 20.3. The van der Waals surface area contributed by atoms with Gasteiger partial charge in [0.15, 0.2) is 5.76 Å². The van der Waals surface area contributed by atoms with Gasteiger partial charge in [-0.1, -0.05) is 23.9 Å². The molecule has 0 spiro atoms. The summed E-state index contributed by atoms with van der Waals surface area (Å²) >= 11 is 1.26. The van der Waals surface area contributed by atoms with Crippen LogP contribution in [-0.4, -0.2) is 54.6 Å². The Balaban J connectivity index is 1.62. The lowest BCUT2D eigenvalue weighted by atomic mass is 10.2. The largest absolute Gasteiger partial charge is 0.459 e. The first-order chi connectivity index (χ1) is 16.2. The van der Waals surface area contributed by atoms with E-state index in [1.807, 2.05) is 32.0 Å². The minimum Gasteiger partial charge on any atom is -0.459 e. The average Bonchev–Trinajstić information content (AvgIpc) is 3.36. The van der Waals surface area contributed by atoms with Crippen molar-refractivity contribution in [2.75, 3.05) is 26.2 Å². The highest BCUT2D eigenvalue weighted by Gasteiger charge is 2.33. The smallest absolute Gasteiger partial charge is 0.289 e. The molecule has 0 unspecified atom stereocenters. The number of aryl methyl sites for hydroxylation is 2. The van der Waals surface area contributed by atoms with E-state index >= 15 is 0 Å². The second-order valence-electron chi connectivity index (χ2n) is 7.93. The number of amides is 1. The minimum absolute atomic E-state index is 0.0745. The number of benzene rings is 2. The Morgan fingerprint density at radius 2 is 1.76 bits per heavy atom. The van der Waals surface area contributed by atoms with E-state index in [0.717, 1.165) is 22.1 Å². The third kappa shape index (κ3) is 4.86. The van der Waals surface area contributed by atoms with Crippen molar-refractivity contribution in [2.45, 2.75) is 28.5 Å². The quantitative estimate of drug-likeness (QED) is 0.369. The molecule has 9 nitrogen and oxygen atoms in total. The number of rotatable bonds is 6. The number of carbonyl (C=O) groups is 1. The molecule has 0 radical (unpaired) electrons. The van der Waals surface area contributed by atoms with Crippen LogP contribution in [0.5, 0.6) is 0 Å². The molecular weight excluding hydrogens is 478 g/mol. The lowest BCUT2D eigenvalue weighted by molar-refractivity contribution is -0.385. The number of carbonyl (C=O) groups excluding carboxylic acids is 1. The fourth-order valence-corrected chi connectivity index (χ4v) is 6.62. The summed E-state index contributed by atoms with van der Waals surface area (Å²) in [5, 5.41) is 11.4. The predicted molar refractivity (Wildman–Crippen MR) is 127 cm³/mol. The van der Waals surface area contributed by atoms with Crippen molar-refractivity contribution in [3.05, 3.63) is 81.8 Å². The van der Waals surface area contributed by atoms with Gasteiger partial charge in [-0.15, -0.1) is 0 Å². The molecule has 1 saturated heterocycles.